The predicted octanol–water partition coefficient (Wildman–Crippen LogP) is 1.94. The molecule has 132 valence electrons. The van der Waals surface area contributed by atoms with Gasteiger partial charge in [-0.3, -0.25) is 4.68 Å². The van der Waals surface area contributed by atoms with Crippen molar-refractivity contribution in [2.45, 2.75) is 19.5 Å². The van der Waals surface area contributed by atoms with Crippen LogP contribution in [0.4, 0.5) is 13.2 Å². The molecule has 2 aromatic rings. The van der Waals surface area contributed by atoms with E-state index in [-0.39, 0.29) is 42.2 Å². The fraction of sp³-hybridized carbons (Fsp3) is 0.308. The molecule has 3 N–H and O–H groups in total. The number of nitrogens with one attached hydrogen (secondary N) is 1. The van der Waals surface area contributed by atoms with Gasteiger partial charge in [0.1, 0.15) is 12.1 Å². The summed E-state index contributed by atoms with van der Waals surface area (Å²) in [7, 11) is 1.75. The molecule has 7 nitrogen and oxygen atoms in total. The van der Waals surface area contributed by atoms with Gasteiger partial charge >= 0.3 is 6.36 Å². The van der Waals surface area contributed by atoms with Crippen LogP contribution < -0.4 is 15.8 Å². The minimum atomic E-state index is -4.70. The van der Waals surface area contributed by atoms with Crippen LogP contribution in [0.2, 0.25) is 0 Å². The molecular weight excluding hydrogens is 440 g/mol. The number of aromatic nitrogens is 3. The number of rotatable bonds is 5. The summed E-state index contributed by atoms with van der Waals surface area (Å²) < 4.78 is 41.5. The van der Waals surface area contributed by atoms with Gasteiger partial charge in [0.05, 0.1) is 13.1 Å². The van der Waals surface area contributed by atoms with E-state index in [2.05, 4.69) is 25.1 Å². The van der Waals surface area contributed by atoms with Crippen molar-refractivity contribution < 1.29 is 17.9 Å². The molecule has 0 aliphatic carbocycles. The van der Waals surface area contributed by atoms with Gasteiger partial charge in [0.2, 0.25) is 0 Å². The second-order valence-electron chi connectivity index (χ2n) is 4.58. The number of ether oxygens (including phenoxy) is 1. The average Bonchev–Trinajstić information content (AvgIpc) is 2.88. The van der Waals surface area contributed by atoms with Crippen LogP contribution in [0.3, 0.4) is 0 Å². The Balaban J connectivity index is 0.00000288. The van der Waals surface area contributed by atoms with E-state index >= 15 is 0 Å². The molecule has 1 aromatic heterocycles. The molecule has 0 aliphatic rings. The number of guanidine groups is 1. The maximum atomic E-state index is 12.0. The molecule has 0 saturated carbocycles. The summed E-state index contributed by atoms with van der Waals surface area (Å²) in [4.78, 5) is 8.10. The molecule has 24 heavy (non-hydrogen) atoms. The Morgan fingerprint density at radius 2 is 2.00 bits per heavy atom. The molecule has 11 heteroatoms. The first kappa shape index (κ1) is 20.0. The van der Waals surface area contributed by atoms with E-state index in [0.29, 0.717) is 17.9 Å². The molecule has 0 unspecified atom stereocenters. The van der Waals surface area contributed by atoms with Crippen molar-refractivity contribution in [2.24, 2.45) is 17.8 Å². The summed E-state index contributed by atoms with van der Waals surface area (Å²) in [5.74, 6) is 0.477. The van der Waals surface area contributed by atoms with Gasteiger partial charge in [0.15, 0.2) is 11.8 Å². The van der Waals surface area contributed by atoms with Gasteiger partial charge in [0, 0.05) is 7.05 Å². The zero-order valence-corrected chi connectivity index (χ0v) is 14.9. The predicted molar refractivity (Wildman–Crippen MR) is 91.7 cm³/mol. The standard InChI is InChI=1S/C13H15F3N6O.HI/c1-22-8-20-11(21-22)7-19-12(17)18-6-9-2-4-10(5-3-9)23-13(14,15)16;/h2-5,8H,6-7H2,1H3,(H3,17,18,19);1H. The molecule has 0 amide bonds. The summed E-state index contributed by atoms with van der Waals surface area (Å²) in [6.45, 7) is 0.551. The lowest BCUT2D eigenvalue weighted by Gasteiger charge is -2.09. The second-order valence-corrected chi connectivity index (χ2v) is 4.58. The van der Waals surface area contributed by atoms with Crippen molar-refractivity contribution in [1.29, 1.82) is 0 Å². The number of hydrogen-bond donors (Lipinski definition) is 2. The lowest BCUT2D eigenvalue weighted by Crippen LogP contribution is -2.31. The number of benzene rings is 1. The summed E-state index contributed by atoms with van der Waals surface area (Å²) in [6.07, 6.45) is -3.14. The Morgan fingerprint density at radius 3 is 2.54 bits per heavy atom. The highest BCUT2D eigenvalue weighted by Gasteiger charge is 2.30. The fourth-order valence-corrected chi connectivity index (χ4v) is 1.66. The van der Waals surface area contributed by atoms with E-state index in [0.717, 1.165) is 0 Å². The molecule has 0 aliphatic heterocycles. The third-order valence-electron chi connectivity index (χ3n) is 2.66. The number of nitrogens with zero attached hydrogens (tertiary/aromatic N) is 4. The molecule has 0 saturated heterocycles. The highest BCUT2D eigenvalue weighted by Crippen LogP contribution is 2.22. The van der Waals surface area contributed by atoms with Crippen molar-refractivity contribution in [1.82, 2.24) is 20.1 Å². The van der Waals surface area contributed by atoms with Gasteiger partial charge in [-0.15, -0.1) is 37.1 Å². The van der Waals surface area contributed by atoms with Gasteiger partial charge in [-0.05, 0) is 17.7 Å². The molecule has 0 atom stereocenters. The van der Waals surface area contributed by atoms with E-state index in [4.69, 9.17) is 5.73 Å². The smallest absolute Gasteiger partial charge is 0.406 e. The van der Waals surface area contributed by atoms with Crippen molar-refractivity contribution in [3.8, 4) is 5.75 Å². The quantitative estimate of drug-likeness (QED) is 0.408. The molecule has 0 spiro atoms. The van der Waals surface area contributed by atoms with Crippen molar-refractivity contribution in [2.75, 3.05) is 0 Å². The van der Waals surface area contributed by atoms with Crippen molar-refractivity contribution in [3.05, 3.63) is 42.0 Å². The lowest BCUT2D eigenvalue weighted by atomic mass is 10.2. The summed E-state index contributed by atoms with van der Waals surface area (Å²) in [5.41, 5.74) is 6.39. The zero-order valence-electron chi connectivity index (χ0n) is 12.6. The molecule has 2 rings (SSSR count). The largest absolute Gasteiger partial charge is 0.573 e. The van der Waals surface area contributed by atoms with Gasteiger partial charge in [-0.1, -0.05) is 12.1 Å². The Labute approximate surface area is 153 Å². The van der Waals surface area contributed by atoms with Crippen LogP contribution in [-0.2, 0) is 20.1 Å². The first-order valence-corrected chi connectivity index (χ1v) is 6.55. The topological polar surface area (TPSA) is 90.4 Å². The Kier molecular flexibility index (Phi) is 7.25. The molecule has 0 radical (unpaired) electrons. The van der Waals surface area contributed by atoms with Crippen LogP contribution in [0, 0.1) is 0 Å². The average molecular weight is 456 g/mol. The van der Waals surface area contributed by atoms with E-state index < -0.39 is 6.36 Å². The second kappa shape index (κ2) is 8.70. The highest BCUT2D eigenvalue weighted by atomic mass is 127. The van der Waals surface area contributed by atoms with Gasteiger partial charge in [-0.2, -0.15) is 5.10 Å². The number of alkyl halides is 3. The molecular formula is C13H16F3IN6O. The lowest BCUT2D eigenvalue weighted by molar-refractivity contribution is -0.274. The maximum Gasteiger partial charge on any atom is 0.573 e. The Bertz CT molecular complexity index is 671. The van der Waals surface area contributed by atoms with Gasteiger partial charge < -0.3 is 15.8 Å². The normalized spacial score (nSPS) is 11.8. The summed E-state index contributed by atoms with van der Waals surface area (Å²) >= 11 is 0. The van der Waals surface area contributed by atoms with Crippen molar-refractivity contribution >= 4 is 29.9 Å². The third-order valence-corrected chi connectivity index (χ3v) is 2.66. The van der Waals surface area contributed by atoms with Crippen LogP contribution >= 0.6 is 24.0 Å². The van der Waals surface area contributed by atoms with E-state index in [1.807, 2.05) is 0 Å². The minimum absolute atomic E-state index is 0. The molecule has 1 aromatic carbocycles. The Hall–Kier alpha value is -2.05. The molecule has 1 heterocycles. The first-order valence-electron chi connectivity index (χ1n) is 6.55. The number of nitrogens with two attached hydrogens (primary N) is 1. The minimum Gasteiger partial charge on any atom is -0.406 e. The van der Waals surface area contributed by atoms with Crippen LogP contribution in [0.5, 0.6) is 5.75 Å². The number of halogens is 4. The SMILES string of the molecule is Cn1cnc(CNC(N)=NCc2ccc(OC(F)(F)F)cc2)n1.I. The highest BCUT2D eigenvalue weighted by molar-refractivity contribution is 14.0. The zero-order chi connectivity index (χ0) is 16.9. The summed E-state index contributed by atoms with van der Waals surface area (Å²) in [5, 5.41) is 6.91. The fourth-order valence-electron chi connectivity index (χ4n) is 1.66. The van der Waals surface area contributed by atoms with Crippen LogP contribution in [-0.4, -0.2) is 27.1 Å². The maximum absolute atomic E-state index is 12.0. The van der Waals surface area contributed by atoms with E-state index in [9.17, 15) is 13.2 Å². The van der Waals surface area contributed by atoms with E-state index in [1.54, 1.807) is 18.1 Å². The van der Waals surface area contributed by atoms with Crippen LogP contribution in [0.15, 0.2) is 35.6 Å². The van der Waals surface area contributed by atoms with Crippen LogP contribution in [0.25, 0.3) is 0 Å². The van der Waals surface area contributed by atoms with Crippen molar-refractivity contribution in [3.63, 3.8) is 0 Å². The summed E-state index contributed by atoms with van der Waals surface area (Å²) in [6, 6.07) is 5.41. The number of aryl methyl sites for hydroxylation is 1. The monoisotopic (exact) mass is 456 g/mol. The van der Waals surface area contributed by atoms with Gasteiger partial charge in [0.25, 0.3) is 0 Å². The van der Waals surface area contributed by atoms with E-state index in [1.165, 1.54) is 24.3 Å². The first-order chi connectivity index (χ1) is 10.8. The van der Waals surface area contributed by atoms with Gasteiger partial charge in [-0.25, -0.2) is 9.98 Å². The third kappa shape index (κ3) is 7.02. The molecule has 0 fully saturated rings. The molecule has 0 bridgehead atoms. The number of aliphatic imine (C=N–C) groups is 1. The number of hydrogen-bond acceptors (Lipinski definition) is 4. The Morgan fingerprint density at radius 1 is 1.33 bits per heavy atom. The van der Waals surface area contributed by atoms with Crippen LogP contribution in [0.1, 0.15) is 11.4 Å².